The van der Waals surface area contributed by atoms with Crippen LogP contribution in [0.2, 0.25) is 0 Å². The summed E-state index contributed by atoms with van der Waals surface area (Å²) in [6, 6.07) is 4.30. The first-order chi connectivity index (χ1) is 13.3. The maximum Gasteiger partial charge on any atom is 0.416 e. The van der Waals surface area contributed by atoms with Gasteiger partial charge in [-0.3, -0.25) is 4.79 Å². The maximum atomic E-state index is 12.9. The van der Waals surface area contributed by atoms with Crippen molar-refractivity contribution in [3.63, 3.8) is 0 Å². The first-order valence-corrected chi connectivity index (χ1v) is 8.50. The second kappa shape index (κ2) is 6.73. The molecule has 0 N–H and O–H groups in total. The fourth-order valence-corrected chi connectivity index (χ4v) is 3.11. The molecule has 0 aliphatic carbocycles. The van der Waals surface area contributed by atoms with Gasteiger partial charge in [0.05, 0.1) is 17.8 Å². The standard InChI is InChI=1S/C17H15F3N6O2/c1-10-21-15(28-23-10)14-9-26(24-22-14)13-5-6-25(8-13)16(27)11-3-2-4-12(7-11)17(18,19)20/h2-4,7,9,13H,5-6,8H2,1H3/t13-/m1/s1. The van der Waals surface area contributed by atoms with Gasteiger partial charge in [0.2, 0.25) is 0 Å². The summed E-state index contributed by atoms with van der Waals surface area (Å²) in [7, 11) is 0. The van der Waals surface area contributed by atoms with E-state index in [1.54, 1.807) is 17.8 Å². The predicted octanol–water partition coefficient (Wildman–Crippen LogP) is 2.74. The normalized spacial score (nSPS) is 17.3. The maximum absolute atomic E-state index is 12.9. The van der Waals surface area contributed by atoms with Crippen molar-refractivity contribution < 1.29 is 22.5 Å². The third-order valence-electron chi connectivity index (χ3n) is 4.52. The molecule has 28 heavy (non-hydrogen) atoms. The SMILES string of the molecule is Cc1noc(-c2cn([C@@H]3CCN(C(=O)c4cccc(C(F)(F)F)c4)C3)nn2)n1. The molecule has 3 aromatic rings. The zero-order chi connectivity index (χ0) is 19.9. The minimum atomic E-state index is -4.49. The predicted molar refractivity (Wildman–Crippen MR) is 89.1 cm³/mol. The van der Waals surface area contributed by atoms with Crippen molar-refractivity contribution in [2.75, 3.05) is 13.1 Å². The van der Waals surface area contributed by atoms with Gasteiger partial charge >= 0.3 is 6.18 Å². The van der Waals surface area contributed by atoms with E-state index in [4.69, 9.17) is 4.52 Å². The molecule has 1 aliphatic heterocycles. The molecule has 3 heterocycles. The van der Waals surface area contributed by atoms with Crippen LogP contribution in [0.4, 0.5) is 13.2 Å². The van der Waals surface area contributed by atoms with Gasteiger partial charge in [0, 0.05) is 18.7 Å². The van der Waals surface area contributed by atoms with Crippen LogP contribution in [0.25, 0.3) is 11.6 Å². The lowest BCUT2D eigenvalue weighted by Crippen LogP contribution is -2.29. The van der Waals surface area contributed by atoms with Crippen LogP contribution in [-0.4, -0.2) is 49.0 Å². The van der Waals surface area contributed by atoms with Crippen molar-refractivity contribution in [1.82, 2.24) is 30.0 Å². The Bertz CT molecular complexity index is 1010. The molecule has 8 nitrogen and oxygen atoms in total. The van der Waals surface area contributed by atoms with Crippen molar-refractivity contribution in [2.24, 2.45) is 0 Å². The Morgan fingerprint density at radius 2 is 2.14 bits per heavy atom. The van der Waals surface area contributed by atoms with E-state index in [2.05, 4.69) is 20.5 Å². The second-order valence-electron chi connectivity index (χ2n) is 6.50. The van der Waals surface area contributed by atoms with Crippen molar-refractivity contribution in [3.05, 3.63) is 47.4 Å². The number of carbonyl (C=O) groups is 1. The van der Waals surface area contributed by atoms with E-state index in [1.807, 2.05) is 0 Å². The van der Waals surface area contributed by atoms with Gasteiger partial charge in [-0.2, -0.15) is 18.2 Å². The van der Waals surface area contributed by atoms with Crippen LogP contribution in [0.3, 0.4) is 0 Å². The van der Waals surface area contributed by atoms with Gasteiger partial charge < -0.3 is 9.42 Å². The number of hydrogen-bond acceptors (Lipinski definition) is 6. The molecule has 0 bridgehead atoms. The van der Waals surface area contributed by atoms with E-state index in [9.17, 15) is 18.0 Å². The topological polar surface area (TPSA) is 89.9 Å². The zero-order valence-corrected chi connectivity index (χ0v) is 14.7. The Morgan fingerprint density at radius 1 is 1.32 bits per heavy atom. The summed E-state index contributed by atoms with van der Waals surface area (Å²) in [5.74, 6) is 0.281. The minimum Gasteiger partial charge on any atom is -0.336 e. The quantitative estimate of drug-likeness (QED) is 0.681. The summed E-state index contributed by atoms with van der Waals surface area (Å²) in [4.78, 5) is 18.2. The molecule has 2 aromatic heterocycles. The lowest BCUT2D eigenvalue weighted by molar-refractivity contribution is -0.137. The molecule has 1 aliphatic rings. The third-order valence-corrected chi connectivity index (χ3v) is 4.52. The van der Waals surface area contributed by atoms with Crippen molar-refractivity contribution in [3.8, 4) is 11.6 Å². The number of rotatable bonds is 3. The highest BCUT2D eigenvalue weighted by Crippen LogP contribution is 2.30. The van der Waals surface area contributed by atoms with Gasteiger partial charge in [-0.25, -0.2) is 4.68 Å². The fraction of sp³-hybridized carbons (Fsp3) is 0.353. The molecule has 11 heteroatoms. The summed E-state index contributed by atoms with van der Waals surface area (Å²) in [5.41, 5.74) is -0.413. The molecule has 1 atom stereocenters. The summed E-state index contributed by atoms with van der Waals surface area (Å²) < 4.78 is 45.3. The average Bonchev–Trinajstić information content (AvgIpc) is 3.40. The lowest BCUT2D eigenvalue weighted by Gasteiger charge is -2.17. The summed E-state index contributed by atoms with van der Waals surface area (Å²) in [6.07, 6.45) is -2.24. The Morgan fingerprint density at radius 3 is 2.86 bits per heavy atom. The highest BCUT2D eigenvalue weighted by Gasteiger charge is 2.33. The average molecular weight is 392 g/mol. The van der Waals surface area contributed by atoms with Crippen molar-refractivity contribution in [2.45, 2.75) is 25.6 Å². The number of aryl methyl sites for hydroxylation is 1. The van der Waals surface area contributed by atoms with Crippen LogP contribution in [0.15, 0.2) is 35.0 Å². The van der Waals surface area contributed by atoms with Crippen LogP contribution >= 0.6 is 0 Å². The van der Waals surface area contributed by atoms with Gasteiger partial charge in [0.1, 0.15) is 0 Å². The van der Waals surface area contributed by atoms with E-state index < -0.39 is 17.6 Å². The molecule has 146 valence electrons. The molecule has 0 unspecified atom stereocenters. The van der Waals surface area contributed by atoms with Gasteiger partial charge in [0.15, 0.2) is 11.5 Å². The zero-order valence-electron chi connectivity index (χ0n) is 14.7. The molecular formula is C17H15F3N6O2. The molecular weight excluding hydrogens is 377 g/mol. The van der Waals surface area contributed by atoms with E-state index in [-0.39, 0.29) is 17.5 Å². The monoisotopic (exact) mass is 392 g/mol. The number of nitrogens with zero attached hydrogens (tertiary/aromatic N) is 6. The summed E-state index contributed by atoms with van der Waals surface area (Å²) in [6.45, 7) is 2.42. The van der Waals surface area contributed by atoms with Crippen LogP contribution in [0.5, 0.6) is 0 Å². The van der Waals surface area contributed by atoms with Crippen LogP contribution in [0, 0.1) is 6.92 Å². The Balaban J connectivity index is 1.47. The minimum absolute atomic E-state index is 0.0103. The smallest absolute Gasteiger partial charge is 0.336 e. The number of halogens is 3. The summed E-state index contributed by atoms with van der Waals surface area (Å²) in [5, 5.41) is 11.7. The lowest BCUT2D eigenvalue weighted by atomic mass is 10.1. The van der Waals surface area contributed by atoms with Crippen molar-refractivity contribution >= 4 is 5.91 Å². The van der Waals surface area contributed by atoms with E-state index >= 15 is 0 Å². The number of aromatic nitrogens is 5. The molecule has 1 amide bonds. The molecule has 0 spiro atoms. The van der Waals surface area contributed by atoms with Gasteiger partial charge in [-0.15, -0.1) is 5.10 Å². The number of amides is 1. The molecule has 1 saturated heterocycles. The molecule has 0 radical (unpaired) electrons. The third kappa shape index (κ3) is 3.47. The van der Waals surface area contributed by atoms with Gasteiger partial charge in [0.25, 0.3) is 11.8 Å². The molecule has 4 rings (SSSR count). The van der Waals surface area contributed by atoms with Crippen LogP contribution in [0.1, 0.15) is 34.2 Å². The Labute approximate surface area is 156 Å². The molecule has 1 aromatic carbocycles. The van der Waals surface area contributed by atoms with Crippen LogP contribution < -0.4 is 0 Å². The highest BCUT2D eigenvalue weighted by molar-refractivity contribution is 5.94. The van der Waals surface area contributed by atoms with Gasteiger partial charge in [-0.05, 0) is 31.5 Å². The van der Waals surface area contributed by atoms with Crippen LogP contribution in [-0.2, 0) is 6.18 Å². The van der Waals surface area contributed by atoms with Gasteiger partial charge in [-0.1, -0.05) is 16.4 Å². The van der Waals surface area contributed by atoms with E-state index in [0.717, 1.165) is 12.1 Å². The summed E-state index contributed by atoms with van der Waals surface area (Å²) >= 11 is 0. The number of alkyl halides is 3. The number of carbonyl (C=O) groups excluding carboxylic acids is 1. The first-order valence-electron chi connectivity index (χ1n) is 8.50. The number of likely N-dealkylation sites (tertiary alicyclic amines) is 1. The first kappa shape index (κ1) is 18.1. The highest BCUT2D eigenvalue weighted by atomic mass is 19.4. The largest absolute Gasteiger partial charge is 0.416 e. The molecule has 1 fully saturated rings. The second-order valence-corrected chi connectivity index (χ2v) is 6.50. The fourth-order valence-electron chi connectivity index (χ4n) is 3.11. The number of benzene rings is 1. The molecule has 0 saturated carbocycles. The Hall–Kier alpha value is -3.24. The van der Waals surface area contributed by atoms with E-state index in [1.165, 1.54) is 17.0 Å². The Kier molecular flexibility index (Phi) is 4.36. The number of hydrogen-bond donors (Lipinski definition) is 0. The van der Waals surface area contributed by atoms with E-state index in [0.29, 0.717) is 31.0 Å². The van der Waals surface area contributed by atoms with Crippen molar-refractivity contribution in [1.29, 1.82) is 0 Å².